The van der Waals surface area contributed by atoms with Crippen LogP contribution < -0.4 is 11.1 Å². The van der Waals surface area contributed by atoms with Crippen LogP contribution in [0.15, 0.2) is 91.0 Å². The zero-order chi connectivity index (χ0) is 25.4. The van der Waals surface area contributed by atoms with E-state index in [1.165, 1.54) is 11.1 Å². The van der Waals surface area contributed by atoms with E-state index in [1.807, 2.05) is 47.4 Å². The Hall–Kier alpha value is -3.44. The molecule has 0 fully saturated rings. The van der Waals surface area contributed by atoms with Gasteiger partial charge in [-0.1, -0.05) is 97.4 Å². The van der Waals surface area contributed by atoms with E-state index in [1.54, 1.807) is 0 Å². The Labute approximate surface area is 215 Å². The zero-order valence-electron chi connectivity index (χ0n) is 21.1. The van der Waals surface area contributed by atoms with Gasteiger partial charge in [0.05, 0.1) is 0 Å². The van der Waals surface area contributed by atoms with Gasteiger partial charge in [-0.15, -0.1) is 0 Å². The van der Waals surface area contributed by atoms with Gasteiger partial charge in [-0.3, -0.25) is 9.59 Å². The molecule has 0 aliphatic carbocycles. The lowest BCUT2D eigenvalue weighted by Crippen LogP contribution is -2.35. The number of carbonyl (C=O) groups excluding carboxylic acids is 2. The number of nitrogens with zero attached hydrogens (tertiary/aromatic N) is 1. The quantitative estimate of drug-likeness (QED) is 0.288. The van der Waals surface area contributed by atoms with E-state index < -0.39 is 0 Å². The molecule has 190 valence electrons. The molecule has 0 unspecified atom stereocenters. The van der Waals surface area contributed by atoms with E-state index >= 15 is 0 Å². The maximum absolute atomic E-state index is 12.9. The third-order valence-corrected chi connectivity index (χ3v) is 6.43. The SMILES string of the molecule is NCCCCCC(=O)N(CCC(=O)NCCC(c1ccccc1)c1ccccc1)Cc1ccccc1. The molecule has 0 heterocycles. The molecule has 0 aromatic heterocycles. The van der Waals surface area contributed by atoms with Crippen LogP contribution in [-0.2, 0) is 16.1 Å². The number of hydrogen-bond donors (Lipinski definition) is 2. The number of hydrogen-bond acceptors (Lipinski definition) is 3. The van der Waals surface area contributed by atoms with Gasteiger partial charge in [0.25, 0.3) is 0 Å². The molecule has 36 heavy (non-hydrogen) atoms. The predicted octanol–water partition coefficient (Wildman–Crippen LogP) is 5.26. The summed E-state index contributed by atoms with van der Waals surface area (Å²) < 4.78 is 0. The standard InChI is InChI=1S/C31H39N3O2/c32-22-12-4-11-19-31(36)34(25-26-13-5-1-6-14-26)24-21-30(35)33-23-20-29(27-15-7-2-8-16-27)28-17-9-3-10-18-28/h1-3,5-10,13-18,29H,4,11-12,19-25,32H2,(H,33,35). The Morgan fingerprint density at radius 2 is 1.33 bits per heavy atom. The number of rotatable bonds is 15. The van der Waals surface area contributed by atoms with Gasteiger partial charge in [0, 0.05) is 38.4 Å². The number of nitrogens with one attached hydrogen (secondary N) is 1. The average Bonchev–Trinajstić information content (AvgIpc) is 2.93. The molecule has 0 atom stereocenters. The van der Waals surface area contributed by atoms with Crippen LogP contribution in [0.3, 0.4) is 0 Å². The first-order valence-electron chi connectivity index (χ1n) is 13.1. The van der Waals surface area contributed by atoms with Crippen LogP contribution in [0, 0.1) is 0 Å². The van der Waals surface area contributed by atoms with Crippen LogP contribution in [0.1, 0.15) is 61.1 Å². The van der Waals surface area contributed by atoms with Crippen molar-refractivity contribution in [2.75, 3.05) is 19.6 Å². The normalized spacial score (nSPS) is 10.8. The van der Waals surface area contributed by atoms with Crippen LogP contribution in [0.4, 0.5) is 0 Å². The smallest absolute Gasteiger partial charge is 0.222 e. The van der Waals surface area contributed by atoms with Gasteiger partial charge in [0.2, 0.25) is 11.8 Å². The van der Waals surface area contributed by atoms with Gasteiger partial charge in [-0.25, -0.2) is 0 Å². The minimum Gasteiger partial charge on any atom is -0.356 e. The molecule has 0 aliphatic heterocycles. The highest BCUT2D eigenvalue weighted by molar-refractivity contribution is 5.79. The van der Waals surface area contributed by atoms with Crippen molar-refractivity contribution in [1.82, 2.24) is 10.2 Å². The number of amides is 2. The molecule has 0 saturated heterocycles. The van der Waals surface area contributed by atoms with E-state index in [0.717, 1.165) is 31.2 Å². The summed E-state index contributed by atoms with van der Waals surface area (Å²) in [6.45, 7) is 2.17. The first-order valence-corrected chi connectivity index (χ1v) is 13.1. The molecule has 5 nitrogen and oxygen atoms in total. The largest absolute Gasteiger partial charge is 0.356 e. The minimum absolute atomic E-state index is 0.0242. The highest BCUT2D eigenvalue weighted by Gasteiger charge is 2.17. The van der Waals surface area contributed by atoms with Crippen LogP contribution in [-0.4, -0.2) is 36.3 Å². The average molecular weight is 486 g/mol. The lowest BCUT2D eigenvalue weighted by atomic mass is 9.88. The molecule has 3 aromatic carbocycles. The van der Waals surface area contributed by atoms with Gasteiger partial charge < -0.3 is 16.0 Å². The van der Waals surface area contributed by atoms with Crippen LogP contribution >= 0.6 is 0 Å². The topological polar surface area (TPSA) is 75.4 Å². The van der Waals surface area contributed by atoms with Crippen molar-refractivity contribution in [3.05, 3.63) is 108 Å². The highest BCUT2D eigenvalue weighted by Crippen LogP contribution is 2.27. The zero-order valence-corrected chi connectivity index (χ0v) is 21.1. The van der Waals surface area contributed by atoms with Crippen molar-refractivity contribution >= 4 is 11.8 Å². The van der Waals surface area contributed by atoms with Crippen molar-refractivity contribution in [3.8, 4) is 0 Å². The minimum atomic E-state index is -0.0242. The maximum atomic E-state index is 12.9. The molecular weight excluding hydrogens is 446 g/mol. The number of unbranched alkanes of at least 4 members (excludes halogenated alkanes) is 2. The van der Waals surface area contributed by atoms with Gasteiger partial charge in [0.15, 0.2) is 0 Å². The Bertz CT molecular complexity index is 986. The molecule has 5 heteroatoms. The second kappa shape index (κ2) is 15.5. The van der Waals surface area contributed by atoms with E-state index in [0.29, 0.717) is 39.0 Å². The van der Waals surface area contributed by atoms with Crippen LogP contribution in [0.5, 0.6) is 0 Å². The maximum Gasteiger partial charge on any atom is 0.222 e. The van der Waals surface area contributed by atoms with E-state index in [-0.39, 0.29) is 17.7 Å². The molecule has 0 bridgehead atoms. The van der Waals surface area contributed by atoms with E-state index in [2.05, 4.69) is 53.8 Å². The Balaban J connectivity index is 1.52. The summed E-state index contributed by atoms with van der Waals surface area (Å²) in [5.41, 5.74) is 9.13. The summed E-state index contributed by atoms with van der Waals surface area (Å²) in [6.07, 6.45) is 4.31. The Kier molecular flexibility index (Phi) is 11.7. The van der Waals surface area contributed by atoms with Crippen LogP contribution in [0.25, 0.3) is 0 Å². The third-order valence-electron chi connectivity index (χ3n) is 6.43. The summed E-state index contributed by atoms with van der Waals surface area (Å²) in [5, 5.41) is 3.08. The fourth-order valence-corrected chi connectivity index (χ4v) is 4.43. The molecule has 0 spiro atoms. The molecule has 0 aliphatic rings. The van der Waals surface area contributed by atoms with Gasteiger partial charge in [-0.2, -0.15) is 0 Å². The Morgan fingerprint density at radius 1 is 0.750 bits per heavy atom. The molecule has 0 radical (unpaired) electrons. The van der Waals surface area contributed by atoms with Crippen molar-refractivity contribution in [2.45, 2.75) is 51.0 Å². The Morgan fingerprint density at radius 3 is 1.92 bits per heavy atom. The highest BCUT2D eigenvalue weighted by atomic mass is 16.2. The van der Waals surface area contributed by atoms with Gasteiger partial charge in [0.1, 0.15) is 0 Å². The molecule has 0 saturated carbocycles. The second-order valence-electron chi connectivity index (χ2n) is 9.16. The van der Waals surface area contributed by atoms with E-state index in [4.69, 9.17) is 5.73 Å². The van der Waals surface area contributed by atoms with Crippen molar-refractivity contribution in [3.63, 3.8) is 0 Å². The van der Waals surface area contributed by atoms with E-state index in [9.17, 15) is 9.59 Å². The monoisotopic (exact) mass is 485 g/mol. The van der Waals surface area contributed by atoms with Crippen molar-refractivity contribution < 1.29 is 9.59 Å². The predicted molar refractivity (Wildman–Crippen MR) is 146 cm³/mol. The van der Waals surface area contributed by atoms with Crippen molar-refractivity contribution in [2.24, 2.45) is 5.73 Å². The molecular formula is C31H39N3O2. The number of carbonyl (C=O) groups is 2. The summed E-state index contributed by atoms with van der Waals surface area (Å²) in [5.74, 6) is 0.290. The van der Waals surface area contributed by atoms with Crippen molar-refractivity contribution in [1.29, 1.82) is 0 Å². The van der Waals surface area contributed by atoms with Crippen LogP contribution in [0.2, 0.25) is 0 Å². The summed E-state index contributed by atoms with van der Waals surface area (Å²) in [7, 11) is 0. The summed E-state index contributed by atoms with van der Waals surface area (Å²) in [6, 6.07) is 30.8. The molecule has 2 amide bonds. The molecule has 3 aromatic rings. The number of nitrogens with two attached hydrogens (primary N) is 1. The summed E-state index contributed by atoms with van der Waals surface area (Å²) >= 11 is 0. The lowest BCUT2D eigenvalue weighted by Gasteiger charge is -2.23. The third kappa shape index (κ3) is 9.31. The first-order chi connectivity index (χ1) is 17.7. The fourth-order valence-electron chi connectivity index (χ4n) is 4.43. The molecule has 3 rings (SSSR count). The lowest BCUT2D eigenvalue weighted by molar-refractivity contribution is -0.132. The van der Waals surface area contributed by atoms with Gasteiger partial charge in [-0.05, 0) is 42.5 Å². The molecule has 3 N–H and O–H groups in total. The second-order valence-corrected chi connectivity index (χ2v) is 9.16. The van der Waals surface area contributed by atoms with Gasteiger partial charge >= 0.3 is 0 Å². The fraction of sp³-hybridized carbons (Fsp3) is 0.355. The summed E-state index contributed by atoms with van der Waals surface area (Å²) in [4.78, 5) is 27.4. The first kappa shape index (κ1) is 27.2. The number of benzene rings is 3.